The van der Waals surface area contributed by atoms with Crippen LogP contribution in [0.4, 0.5) is 0 Å². The molecule has 4 rings (SSSR count). The molecule has 1 N–H and O–H groups in total. The van der Waals surface area contributed by atoms with Gasteiger partial charge in [0.25, 0.3) is 11.7 Å². The van der Waals surface area contributed by atoms with Gasteiger partial charge in [0.05, 0.1) is 38.0 Å². The van der Waals surface area contributed by atoms with Crippen molar-refractivity contribution in [1.29, 1.82) is 0 Å². The standard InChI is InChI=1S/C31H39NO7/c1-4-6-16-37-23-13-10-21(11-14-23)29(33)27-28(32(31(35)30(27)34)20-24-9-8-18-38-24)22-12-15-25(26(19-22)36-3)39-17-7-5-2/h10-15,19,24,28,33H,4-9,16-18,20H2,1-3H3/b29-27+. The van der Waals surface area contributed by atoms with Gasteiger partial charge in [-0.15, -0.1) is 0 Å². The van der Waals surface area contributed by atoms with Gasteiger partial charge in [-0.1, -0.05) is 32.8 Å². The number of hydrogen-bond acceptors (Lipinski definition) is 7. The number of carbonyl (C=O) groups excluding carboxylic acids is 2. The van der Waals surface area contributed by atoms with Crippen LogP contribution >= 0.6 is 0 Å². The van der Waals surface area contributed by atoms with Crippen LogP contribution in [0, 0.1) is 0 Å². The molecule has 2 aliphatic heterocycles. The highest BCUT2D eigenvalue weighted by Crippen LogP contribution is 2.42. The number of amides is 1. The van der Waals surface area contributed by atoms with Gasteiger partial charge in [-0.3, -0.25) is 9.59 Å². The number of Topliss-reactive ketones (excluding diaryl/α,β-unsaturated/α-hetero) is 1. The number of hydrogen-bond donors (Lipinski definition) is 1. The van der Waals surface area contributed by atoms with Gasteiger partial charge >= 0.3 is 0 Å². The molecule has 0 bridgehead atoms. The molecule has 0 radical (unpaired) electrons. The number of ketones is 1. The van der Waals surface area contributed by atoms with Crippen molar-refractivity contribution in [3.8, 4) is 17.2 Å². The molecule has 2 heterocycles. The summed E-state index contributed by atoms with van der Waals surface area (Å²) in [5, 5.41) is 11.4. The van der Waals surface area contributed by atoms with E-state index in [0.29, 0.717) is 48.2 Å². The van der Waals surface area contributed by atoms with Crippen molar-refractivity contribution in [2.45, 2.75) is 64.5 Å². The van der Waals surface area contributed by atoms with E-state index in [2.05, 4.69) is 13.8 Å². The Balaban J connectivity index is 1.72. The highest BCUT2D eigenvalue weighted by Gasteiger charge is 2.47. The van der Waals surface area contributed by atoms with Gasteiger partial charge in [0.2, 0.25) is 0 Å². The van der Waals surface area contributed by atoms with Gasteiger partial charge in [0.15, 0.2) is 11.5 Å². The van der Waals surface area contributed by atoms with Crippen LogP contribution in [0.5, 0.6) is 17.2 Å². The average Bonchev–Trinajstić information content (AvgIpc) is 3.56. The number of nitrogens with zero attached hydrogens (tertiary/aromatic N) is 1. The first kappa shape index (κ1) is 28.5. The summed E-state index contributed by atoms with van der Waals surface area (Å²) in [4.78, 5) is 28.2. The number of carbonyl (C=O) groups is 2. The second kappa shape index (κ2) is 13.5. The summed E-state index contributed by atoms with van der Waals surface area (Å²) in [6.45, 7) is 6.24. The topological polar surface area (TPSA) is 94.5 Å². The van der Waals surface area contributed by atoms with Crippen molar-refractivity contribution in [2.24, 2.45) is 0 Å². The molecule has 2 aromatic rings. The fraction of sp³-hybridized carbons (Fsp3) is 0.484. The number of aliphatic hydroxyl groups excluding tert-OH is 1. The molecule has 2 unspecified atom stereocenters. The predicted molar refractivity (Wildman–Crippen MR) is 148 cm³/mol. The van der Waals surface area contributed by atoms with E-state index >= 15 is 0 Å². The maximum Gasteiger partial charge on any atom is 0.295 e. The van der Waals surface area contributed by atoms with Gasteiger partial charge in [0.1, 0.15) is 11.5 Å². The summed E-state index contributed by atoms with van der Waals surface area (Å²) in [6, 6.07) is 11.5. The lowest BCUT2D eigenvalue weighted by molar-refractivity contribution is -0.140. The van der Waals surface area contributed by atoms with Crippen LogP contribution in [0.25, 0.3) is 5.76 Å². The van der Waals surface area contributed by atoms with Crippen LogP contribution in [0.2, 0.25) is 0 Å². The van der Waals surface area contributed by atoms with Crippen LogP contribution in [0.1, 0.15) is 69.5 Å². The Morgan fingerprint density at radius 2 is 1.72 bits per heavy atom. The summed E-state index contributed by atoms with van der Waals surface area (Å²) in [6.07, 6.45) is 5.44. The zero-order valence-corrected chi connectivity index (χ0v) is 23.1. The largest absolute Gasteiger partial charge is 0.507 e. The molecular formula is C31H39NO7. The molecule has 0 aliphatic carbocycles. The average molecular weight is 538 g/mol. The number of benzene rings is 2. The molecule has 8 heteroatoms. The summed E-state index contributed by atoms with van der Waals surface area (Å²) in [7, 11) is 1.55. The van der Waals surface area contributed by atoms with Crippen molar-refractivity contribution >= 4 is 17.4 Å². The van der Waals surface area contributed by atoms with Crippen LogP contribution in [-0.4, -0.2) is 61.3 Å². The molecule has 2 fully saturated rings. The number of ether oxygens (including phenoxy) is 4. The van der Waals surface area contributed by atoms with E-state index in [-0.39, 0.29) is 24.0 Å². The molecule has 0 spiro atoms. The maximum atomic E-state index is 13.4. The maximum absolute atomic E-state index is 13.4. The second-order valence-electron chi connectivity index (χ2n) is 9.93. The second-order valence-corrected chi connectivity index (χ2v) is 9.93. The van der Waals surface area contributed by atoms with Gasteiger partial charge < -0.3 is 29.0 Å². The van der Waals surface area contributed by atoms with E-state index in [1.165, 1.54) is 4.90 Å². The van der Waals surface area contributed by atoms with E-state index in [1.54, 1.807) is 43.5 Å². The predicted octanol–water partition coefficient (Wildman–Crippen LogP) is 5.65. The van der Waals surface area contributed by atoms with Crippen molar-refractivity contribution in [2.75, 3.05) is 33.5 Å². The lowest BCUT2D eigenvalue weighted by Gasteiger charge is -2.28. The number of unbranched alkanes of at least 4 members (excludes halogenated alkanes) is 2. The monoisotopic (exact) mass is 537 g/mol. The minimum atomic E-state index is -0.798. The van der Waals surface area contributed by atoms with Crippen molar-refractivity contribution in [3.05, 3.63) is 59.2 Å². The molecule has 0 saturated carbocycles. The molecule has 2 aromatic carbocycles. The fourth-order valence-electron chi connectivity index (χ4n) is 4.92. The first-order valence-electron chi connectivity index (χ1n) is 13.9. The Kier molecular flexibility index (Phi) is 9.87. The number of methoxy groups -OCH3 is 1. The van der Waals surface area contributed by atoms with Gasteiger partial charge in [-0.2, -0.15) is 0 Å². The fourth-order valence-corrected chi connectivity index (χ4v) is 4.92. The van der Waals surface area contributed by atoms with E-state index in [0.717, 1.165) is 38.5 Å². The highest BCUT2D eigenvalue weighted by atomic mass is 16.5. The minimum absolute atomic E-state index is 0.0411. The Morgan fingerprint density at radius 3 is 2.36 bits per heavy atom. The third-order valence-electron chi connectivity index (χ3n) is 7.12. The Labute approximate surface area is 230 Å². The first-order chi connectivity index (χ1) is 19.0. The third kappa shape index (κ3) is 6.56. The van der Waals surface area contributed by atoms with Gasteiger partial charge in [-0.05, 0) is 67.6 Å². The van der Waals surface area contributed by atoms with Gasteiger partial charge in [-0.25, -0.2) is 0 Å². The minimum Gasteiger partial charge on any atom is -0.507 e. The van der Waals surface area contributed by atoms with E-state index in [4.69, 9.17) is 18.9 Å². The molecule has 210 valence electrons. The molecule has 2 atom stereocenters. The first-order valence-corrected chi connectivity index (χ1v) is 13.9. The van der Waals surface area contributed by atoms with Crippen LogP contribution in [0.15, 0.2) is 48.0 Å². The zero-order chi connectivity index (χ0) is 27.8. The molecular weight excluding hydrogens is 498 g/mol. The van der Waals surface area contributed by atoms with E-state index in [1.807, 2.05) is 6.07 Å². The molecule has 2 saturated heterocycles. The SMILES string of the molecule is CCCCOc1ccc(/C(O)=C2\C(=O)C(=O)N(CC3CCCO3)C2c2ccc(OCCCC)c(OC)c2)cc1. The number of likely N-dealkylation sites (tertiary alicyclic amines) is 1. The van der Waals surface area contributed by atoms with E-state index in [9.17, 15) is 14.7 Å². The third-order valence-corrected chi connectivity index (χ3v) is 7.12. The smallest absolute Gasteiger partial charge is 0.295 e. The van der Waals surface area contributed by atoms with Gasteiger partial charge in [0, 0.05) is 18.7 Å². The lowest BCUT2D eigenvalue weighted by Crippen LogP contribution is -2.36. The quantitative estimate of drug-likeness (QED) is 0.153. The van der Waals surface area contributed by atoms with Crippen LogP contribution in [0.3, 0.4) is 0 Å². The number of rotatable bonds is 13. The Hall–Kier alpha value is -3.52. The summed E-state index contributed by atoms with van der Waals surface area (Å²) < 4.78 is 23.0. The number of aliphatic hydroxyl groups is 1. The summed E-state index contributed by atoms with van der Waals surface area (Å²) in [5.74, 6) is 0.165. The molecule has 2 aliphatic rings. The Bertz CT molecular complexity index is 1170. The van der Waals surface area contributed by atoms with Crippen molar-refractivity contribution in [1.82, 2.24) is 4.90 Å². The molecule has 39 heavy (non-hydrogen) atoms. The molecule has 0 aromatic heterocycles. The summed E-state index contributed by atoms with van der Waals surface area (Å²) in [5.41, 5.74) is 1.12. The van der Waals surface area contributed by atoms with Crippen LogP contribution in [-0.2, 0) is 14.3 Å². The zero-order valence-electron chi connectivity index (χ0n) is 23.1. The molecule has 1 amide bonds. The van der Waals surface area contributed by atoms with Crippen molar-refractivity contribution < 1.29 is 33.6 Å². The normalized spacial score (nSPS) is 20.4. The van der Waals surface area contributed by atoms with E-state index < -0.39 is 17.7 Å². The Morgan fingerprint density at radius 1 is 1.00 bits per heavy atom. The lowest BCUT2D eigenvalue weighted by atomic mass is 9.94. The van der Waals surface area contributed by atoms with Crippen molar-refractivity contribution in [3.63, 3.8) is 0 Å². The highest BCUT2D eigenvalue weighted by molar-refractivity contribution is 6.46. The van der Waals surface area contributed by atoms with Crippen LogP contribution < -0.4 is 14.2 Å². The molecule has 8 nitrogen and oxygen atoms in total. The summed E-state index contributed by atoms with van der Waals surface area (Å²) >= 11 is 0.